The van der Waals surface area contributed by atoms with E-state index in [1.54, 1.807) is 6.92 Å². The molecule has 0 radical (unpaired) electrons. The number of hydrogen-bond donors (Lipinski definition) is 0. The van der Waals surface area contributed by atoms with E-state index in [1.165, 1.54) is 6.92 Å². The van der Waals surface area contributed by atoms with E-state index in [1.807, 2.05) is 11.8 Å². The average Bonchev–Trinajstić information content (AvgIpc) is 2.30. The maximum Gasteiger partial charge on any atom is 0.364 e. The zero-order valence-electron chi connectivity index (χ0n) is 10.1. The van der Waals surface area contributed by atoms with Crippen molar-refractivity contribution < 1.29 is 19.2 Å². The smallest absolute Gasteiger partial charge is 0.364 e. The van der Waals surface area contributed by atoms with Gasteiger partial charge in [0.05, 0.1) is 6.61 Å². The molecule has 1 fully saturated rings. The third kappa shape index (κ3) is 4.77. The fourth-order valence-corrected chi connectivity index (χ4v) is 2.42. The molecule has 1 rings (SSSR count). The van der Waals surface area contributed by atoms with Crippen LogP contribution < -0.4 is 0 Å². The lowest BCUT2D eigenvalue weighted by Gasteiger charge is -2.19. The highest BCUT2D eigenvalue weighted by Crippen LogP contribution is 2.19. The standard InChI is InChI=1S/C11H17NO4S/c1-3-15-11(14)10(8(2)13)12-16-9-4-6-17-7-5-9/h9H,3-7H2,1-2H3/b12-10+. The Morgan fingerprint density at radius 1 is 1.35 bits per heavy atom. The first-order chi connectivity index (χ1) is 8.15. The topological polar surface area (TPSA) is 65.0 Å². The van der Waals surface area contributed by atoms with Gasteiger partial charge in [-0.15, -0.1) is 0 Å². The van der Waals surface area contributed by atoms with Crippen LogP contribution >= 0.6 is 11.8 Å². The number of ketones is 1. The molecule has 0 bridgehead atoms. The van der Waals surface area contributed by atoms with Gasteiger partial charge in [0.15, 0.2) is 5.78 Å². The molecule has 0 N–H and O–H groups in total. The van der Waals surface area contributed by atoms with Crippen LogP contribution in [-0.4, -0.2) is 41.7 Å². The number of carbonyl (C=O) groups excluding carboxylic acids is 2. The Morgan fingerprint density at radius 2 is 2.00 bits per heavy atom. The van der Waals surface area contributed by atoms with E-state index in [4.69, 9.17) is 9.57 Å². The maximum absolute atomic E-state index is 11.4. The SMILES string of the molecule is CCOC(=O)/C(=N/OC1CCSCC1)C(C)=O. The summed E-state index contributed by atoms with van der Waals surface area (Å²) in [6.07, 6.45) is 1.78. The predicted molar refractivity (Wildman–Crippen MR) is 66.2 cm³/mol. The lowest BCUT2D eigenvalue weighted by atomic mass is 10.2. The molecule has 0 aromatic carbocycles. The summed E-state index contributed by atoms with van der Waals surface area (Å²) in [6, 6.07) is 0. The molecule has 5 nitrogen and oxygen atoms in total. The highest BCUT2D eigenvalue weighted by atomic mass is 32.2. The van der Waals surface area contributed by atoms with E-state index in [2.05, 4.69) is 5.16 Å². The summed E-state index contributed by atoms with van der Waals surface area (Å²) in [7, 11) is 0. The Kier molecular flexibility index (Phi) is 6.04. The highest BCUT2D eigenvalue weighted by Gasteiger charge is 2.21. The largest absolute Gasteiger partial charge is 0.461 e. The van der Waals surface area contributed by atoms with Gasteiger partial charge < -0.3 is 9.57 Å². The van der Waals surface area contributed by atoms with Crippen molar-refractivity contribution in [1.82, 2.24) is 0 Å². The second-order valence-corrected chi connectivity index (χ2v) is 4.86. The number of oxime groups is 1. The molecule has 1 aliphatic heterocycles. The van der Waals surface area contributed by atoms with Crippen LogP contribution in [0.5, 0.6) is 0 Å². The minimum Gasteiger partial charge on any atom is -0.461 e. The Labute approximate surface area is 105 Å². The van der Waals surface area contributed by atoms with Crippen LogP contribution in [0.3, 0.4) is 0 Å². The van der Waals surface area contributed by atoms with Crippen LogP contribution in [0.15, 0.2) is 5.16 Å². The number of esters is 1. The van der Waals surface area contributed by atoms with Crippen LogP contribution in [0.25, 0.3) is 0 Å². The number of nitrogens with zero attached hydrogens (tertiary/aromatic N) is 1. The lowest BCUT2D eigenvalue weighted by molar-refractivity contribution is -0.136. The summed E-state index contributed by atoms with van der Waals surface area (Å²) in [5.41, 5.74) is -0.259. The number of carbonyl (C=O) groups is 2. The van der Waals surface area contributed by atoms with Crippen molar-refractivity contribution in [3.05, 3.63) is 0 Å². The summed E-state index contributed by atoms with van der Waals surface area (Å²) in [5.74, 6) is 0.892. The van der Waals surface area contributed by atoms with Gasteiger partial charge in [0.1, 0.15) is 6.10 Å². The van der Waals surface area contributed by atoms with E-state index < -0.39 is 11.8 Å². The molecule has 0 saturated carbocycles. The summed E-state index contributed by atoms with van der Waals surface area (Å²) >= 11 is 1.87. The van der Waals surface area contributed by atoms with E-state index in [9.17, 15) is 9.59 Å². The first kappa shape index (κ1) is 14.0. The summed E-state index contributed by atoms with van der Waals surface area (Å²) in [6.45, 7) is 3.16. The third-order valence-corrected chi connectivity index (χ3v) is 3.31. The van der Waals surface area contributed by atoms with Crippen LogP contribution in [0, 0.1) is 0 Å². The van der Waals surface area contributed by atoms with Crippen molar-refractivity contribution in [1.29, 1.82) is 0 Å². The molecule has 0 unspecified atom stereocenters. The van der Waals surface area contributed by atoms with Crippen molar-refractivity contribution in [3.63, 3.8) is 0 Å². The molecule has 17 heavy (non-hydrogen) atoms. The highest BCUT2D eigenvalue weighted by molar-refractivity contribution is 7.99. The fourth-order valence-electron chi connectivity index (χ4n) is 1.35. The van der Waals surface area contributed by atoms with Gasteiger partial charge in [0, 0.05) is 6.92 Å². The molecule has 0 spiro atoms. The minimum atomic E-state index is -0.717. The Morgan fingerprint density at radius 3 is 2.53 bits per heavy atom. The van der Waals surface area contributed by atoms with Crippen molar-refractivity contribution in [2.45, 2.75) is 32.8 Å². The molecule has 1 aliphatic rings. The Hall–Kier alpha value is -1.04. The predicted octanol–water partition coefficient (Wildman–Crippen LogP) is 1.41. The zero-order valence-corrected chi connectivity index (χ0v) is 10.9. The van der Waals surface area contributed by atoms with E-state index in [0.717, 1.165) is 24.3 Å². The van der Waals surface area contributed by atoms with Gasteiger partial charge in [-0.2, -0.15) is 11.8 Å². The van der Waals surface area contributed by atoms with Crippen LogP contribution in [0.2, 0.25) is 0 Å². The molecule has 0 amide bonds. The minimum absolute atomic E-state index is 0.0000246. The van der Waals surface area contributed by atoms with Gasteiger partial charge in [-0.3, -0.25) is 4.79 Å². The van der Waals surface area contributed by atoms with Crippen LogP contribution in [-0.2, 0) is 19.2 Å². The van der Waals surface area contributed by atoms with Crippen molar-refractivity contribution in [2.75, 3.05) is 18.1 Å². The van der Waals surface area contributed by atoms with Crippen molar-refractivity contribution >= 4 is 29.2 Å². The maximum atomic E-state index is 11.4. The van der Waals surface area contributed by atoms with Gasteiger partial charge in [0.2, 0.25) is 5.71 Å². The summed E-state index contributed by atoms with van der Waals surface area (Å²) in [5, 5.41) is 3.65. The molecule has 6 heteroatoms. The normalized spacial score (nSPS) is 17.6. The first-order valence-corrected chi connectivity index (χ1v) is 6.80. The van der Waals surface area contributed by atoms with Gasteiger partial charge in [-0.1, -0.05) is 5.16 Å². The van der Waals surface area contributed by atoms with Gasteiger partial charge in [-0.05, 0) is 31.3 Å². The van der Waals surface area contributed by atoms with Gasteiger partial charge >= 0.3 is 5.97 Å². The van der Waals surface area contributed by atoms with E-state index in [-0.39, 0.29) is 18.4 Å². The third-order valence-electron chi connectivity index (χ3n) is 2.26. The molecule has 0 atom stereocenters. The fraction of sp³-hybridized carbons (Fsp3) is 0.727. The monoisotopic (exact) mass is 259 g/mol. The molecular formula is C11H17NO4S. The number of thioether (sulfide) groups is 1. The first-order valence-electron chi connectivity index (χ1n) is 5.64. The van der Waals surface area contributed by atoms with Gasteiger partial charge in [0.25, 0.3) is 0 Å². The molecular weight excluding hydrogens is 242 g/mol. The lowest BCUT2D eigenvalue weighted by Crippen LogP contribution is -2.26. The molecule has 0 aliphatic carbocycles. The summed E-state index contributed by atoms with van der Waals surface area (Å²) < 4.78 is 4.73. The number of rotatable bonds is 5. The quantitative estimate of drug-likeness (QED) is 0.323. The molecule has 1 heterocycles. The van der Waals surface area contributed by atoms with Gasteiger partial charge in [-0.25, -0.2) is 4.79 Å². The number of Topliss-reactive ketones (excluding diaryl/α,β-unsaturated/α-hetero) is 1. The van der Waals surface area contributed by atoms with Crippen LogP contribution in [0.1, 0.15) is 26.7 Å². The second kappa shape index (κ2) is 7.32. The molecule has 1 saturated heterocycles. The van der Waals surface area contributed by atoms with E-state index >= 15 is 0 Å². The van der Waals surface area contributed by atoms with Crippen LogP contribution in [0.4, 0.5) is 0 Å². The molecule has 96 valence electrons. The Balaban J connectivity index is 2.56. The van der Waals surface area contributed by atoms with Crippen molar-refractivity contribution in [3.8, 4) is 0 Å². The number of ether oxygens (including phenoxy) is 1. The average molecular weight is 259 g/mol. The number of hydrogen-bond acceptors (Lipinski definition) is 6. The second-order valence-electron chi connectivity index (χ2n) is 3.63. The molecule has 0 aromatic rings. The zero-order chi connectivity index (χ0) is 12.7. The Bertz CT molecular complexity index is 311. The summed E-state index contributed by atoms with van der Waals surface area (Å²) in [4.78, 5) is 27.8. The molecule has 0 aromatic heterocycles. The van der Waals surface area contributed by atoms with E-state index in [0.29, 0.717) is 0 Å². The van der Waals surface area contributed by atoms with Crippen molar-refractivity contribution in [2.24, 2.45) is 5.16 Å².